The molecule has 192 valence electrons. The van der Waals surface area contributed by atoms with Gasteiger partial charge in [-0.05, 0) is 66.9 Å². The monoisotopic (exact) mass is 516 g/mol. The number of benzene rings is 4. The molecular weight excluding hydrogens is 488 g/mol. The number of pyridine rings is 1. The number of hydrogen-bond donors (Lipinski definition) is 0. The summed E-state index contributed by atoms with van der Waals surface area (Å²) in [6, 6.07) is 35.9. The molecule has 0 N–H and O–H groups in total. The van der Waals surface area contributed by atoms with Gasteiger partial charge in [-0.3, -0.25) is 4.57 Å². The predicted octanol–water partition coefficient (Wildman–Crippen LogP) is 10.1. The third-order valence-corrected chi connectivity index (χ3v) is 7.50. The van der Waals surface area contributed by atoms with Crippen molar-refractivity contribution in [1.82, 2.24) is 9.55 Å². The minimum Gasteiger partial charge on any atom is -0.455 e. The van der Waals surface area contributed by atoms with Crippen molar-refractivity contribution >= 4 is 39.5 Å². The first-order chi connectivity index (χ1) is 19.7. The third-order valence-electron chi connectivity index (χ3n) is 7.50. The fourth-order valence-corrected chi connectivity index (χ4v) is 5.62. The lowest BCUT2D eigenvalue weighted by Gasteiger charge is -2.14. The minimum absolute atomic E-state index is 0.859. The Morgan fingerprint density at radius 2 is 1.50 bits per heavy atom. The summed E-state index contributed by atoms with van der Waals surface area (Å²) >= 11 is 0. The molecule has 2 aromatic heterocycles. The Balaban J connectivity index is 1.54. The number of para-hydroxylation sites is 2. The van der Waals surface area contributed by atoms with Crippen LogP contribution in [0.4, 0.5) is 0 Å². The second kappa shape index (κ2) is 9.87. The molecule has 0 saturated carbocycles. The number of rotatable bonds is 4. The summed E-state index contributed by atoms with van der Waals surface area (Å²) in [6.45, 7) is 4.10. The second-order valence-corrected chi connectivity index (χ2v) is 9.91. The SMILES string of the molecule is CC=CC(=CC)c1cc(-c2ccccc2)cc(-n2c3ccccc3c3c4c(ccc32)C=Cc2ccccc2O4)n1. The molecule has 1 aliphatic rings. The highest BCUT2D eigenvalue weighted by molar-refractivity contribution is 6.13. The van der Waals surface area contributed by atoms with Crippen molar-refractivity contribution in [3.63, 3.8) is 0 Å². The summed E-state index contributed by atoms with van der Waals surface area (Å²) in [6.07, 6.45) is 10.6. The summed E-state index contributed by atoms with van der Waals surface area (Å²) in [4.78, 5) is 5.25. The Hall–Kier alpha value is -5.15. The van der Waals surface area contributed by atoms with Gasteiger partial charge >= 0.3 is 0 Å². The van der Waals surface area contributed by atoms with Crippen LogP contribution in [0, 0.1) is 0 Å². The molecule has 1 aliphatic heterocycles. The van der Waals surface area contributed by atoms with E-state index in [1.165, 1.54) is 0 Å². The van der Waals surface area contributed by atoms with Gasteiger partial charge in [0.15, 0.2) is 0 Å². The van der Waals surface area contributed by atoms with Gasteiger partial charge in [-0.15, -0.1) is 0 Å². The minimum atomic E-state index is 0.859. The number of allylic oxidation sites excluding steroid dienone is 4. The van der Waals surface area contributed by atoms with Gasteiger partial charge in [0.25, 0.3) is 0 Å². The summed E-state index contributed by atoms with van der Waals surface area (Å²) in [5, 5.41) is 2.22. The molecule has 3 heteroatoms. The van der Waals surface area contributed by atoms with Gasteiger partial charge in [0.05, 0.1) is 22.1 Å². The molecule has 7 rings (SSSR count). The van der Waals surface area contributed by atoms with E-state index >= 15 is 0 Å². The maximum absolute atomic E-state index is 6.66. The van der Waals surface area contributed by atoms with E-state index < -0.39 is 0 Å². The van der Waals surface area contributed by atoms with Gasteiger partial charge in [-0.2, -0.15) is 0 Å². The Morgan fingerprint density at radius 3 is 2.35 bits per heavy atom. The number of fused-ring (bicyclic) bond motifs is 6. The van der Waals surface area contributed by atoms with Crippen molar-refractivity contribution in [1.29, 1.82) is 0 Å². The van der Waals surface area contributed by atoms with E-state index in [4.69, 9.17) is 9.72 Å². The summed E-state index contributed by atoms with van der Waals surface area (Å²) in [5.74, 6) is 2.60. The number of aromatic nitrogens is 2. The molecule has 0 amide bonds. The summed E-state index contributed by atoms with van der Waals surface area (Å²) < 4.78 is 8.93. The normalized spacial score (nSPS) is 12.9. The Kier molecular flexibility index (Phi) is 5.90. The largest absolute Gasteiger partial charge is 0.455 e. The van der Waals surface area contributed by atoms with Crippen molar-refractivity contribution in [2.24, 2.45) is 0 Å². The van der Waals surface area contributed by atoms with Crippen LogP contribution in [0.15, 0.2) is 121 Å². The Morgan fingerprint density at radius 1 is 0.725 bits per heavy atom. The van der Waals surface area contributed by atoms with Crippen LogP contribution in [0.2, 0.25) is 0 Å². The molecule has 6 aromatic rings. The van der Waals surface area contributed by atoms with E-state index in [0.29, 0.717) is 0 Å². The predicted molar refractivity (Wildman–Crippen MR) is 168 cm³/mol. The molecular formula is C37H28N2O. The van der Waals surface area contributed by atoms with Crippen molar-refractivity contribution in [3.05, 3.63) is 138 Å². The lowest BCUT2D eigenvalue weighted by atomic mass is 10.0. The van der Waals surface area contributed by atoms with E-state index in [1.54, 1.807) is 0 Å². The van der Waals surface area contributed by atoms with E-state index in [-0.39, 0.29) is 0 Å². The van der Waals surface area contributed by atoms with Crippen LogP contribution in [0.3, 0.4) is 0 Å². The second-order valence-electron chi connectivity index (χ2n) is 9.91. The first-order valence-electron chi connectivity index (χ1n) is 13.6. The first-order valence-corrected chi connectivity index (χ1v) is 13.6. The molecule has 3 nitrogen and oxygen atoms in total. The topological polar surface area (TPSA) is 27.1 Å². The highest BCUT2D eigenvalue weighted by atomic mass is 16.5. The lowest BCUT2D eigenvalue weighted by Crippen LogP contribution is -2.01. The zero-order chi connectivity index (χ0) is 27.1. The molecule has 3 heterocycles. The number of hydrogen-bond acceptors (Lipinski definition) is 2. The molecule has 0 aliphatic carbocycles. The fraction of sp³-hybridized carbons (Fsp3) is 0.0541. The molecule has 0 saturated heterocycles. The van der Waals surface area contributed by atoms with Crippen molar-refractivity contribution in [3.8, 4) is 28.4 Å². The highest BCUT2D eigenvalue weighted by Gasteiger charge is 2.21. The average Bonchev–Trinajstić information content (AvgIpc) is 3.22. The van der Waals surface area contributed by atoms with E-state index in [9.17, 15) is 0 Å². The molecule has 0 radical (unpaired) electrons. The standard InChI is InChI=1S/C37H28N2O/c1-3-12-25(4-2)31-23-29(26-13-6-5-7-14-26)24-35(38-31)39-32-17-10-9-16-30(32)36-33(39)22-21-28-20-19-27-15-8-11-18-34(27)40-37(28)36/h3-24H,1-2H3. The number of ether oxygens (including phenoxy) is 1. The zero-order valence-electron chi connectivity index (χ0n) is 22.5. The van der Waals surface area contributed by atoms with E-state index in [0.717, 1.165) is 72.6 Å². The third kappa shape index (κ3) is 3.95. The van der Waals surface area contributed by atoms with Crippen LogP contribution in [-0.2, 0) is 0 Å². The molecule has 0 unspecified atom stereocenters. The van der Waals surface area contributed by atoms with Gasteiger partial charge in [0.1, 0.15) is 17.3 Å². The molecule has 0 fully saturated rings. The lowest BCUT2D eigenvalue weighted by molar-refractivity contribution is 0.487. The van der Waals surface area contributed by atoms with Crippen LogP contribution >= 0.6 is 0 Å². The van der Waals surface area contributed by atoms with Gasteiger partial charge in [-0.25, -0.2) is 4.98 Å². The molecule has 4 aromatic carbocycles. The van der Waals surface area contributed by atoms with Crippen LogP contribution in [0.1, 0.15) is 30.7 Å². The molecule has 0 spiro atoms. The van der Waals surface area contributed by atoms with Gasteiger partial charge in [0, 0.05) is 16.5 Å². The Bertz CT molecular complexity index is 1990. The van der Waals surface area contributed by atoms with Crippen LogP contribution in [-0.4, -0.2) is 9.55 Å². The quantitative estimate of drug-likeness (QED) is 0.218. The van der Waals surface area contributed by atoms with Crippen LogP contribution < -0.4 is 4.74 Å². The highest BCUT2D eigenvalue weighted by Crippen LogP contribution is 2.44. The maximum Gasteiger partial charge on any atom is 0.144 e. The van der Waals surface area contributed by atoms with Crippen molar-refractivity contribution < 1.29 is 4.74 Å². The fourth-order valence-electron chi connectivity index (χ4n) is 5.62. The summed E-state index contributed by atoms with van der Waals surface area (Å²) in [5.41, 5.74) is 8.58. The smallest absolute Gasteiger partial charge is 0.144 e. The van der Waals surface area contributed by atoms with Crippen molar-refractivity contribution in [2.75, 3.05) is 0 Å². The maximum atomic E-state index is 6.66. The van der Waals surface area contributed by atoms with Gasteiger partial charge in [-0.1, -0.05) is 97.1 Å². The average molecular weight is 517 g/mol. The van der Waals surface area contributed by atoms with Gasteiger partial charge in [0.2, 0.25) is 0 Å². The Labute approximate surface area is 234 Å². The van der Waals surface area contributed by atoms with E-state index in [1.807, 2.05) is 25.1 Å². The first kappa shape index (κ1) is 23.9. The van der Waals surface area contributed by atoms with Gasteiger partial charge < -0.3 is 4.74 Å². The van der Waals surface area contributed by atoms with Crippen LogP contribution in [0.25, 0.3) is 56.5 Å². The number of nitrogens with zero attached hydrogens (tertiary/aromatic N) is 2. The van der Waals surface area contributed by atoms with Crippen LogP contribution in [0.5, 0.6) is 11.5 Å². The molecule has 0 bridgehead atoms. The zero-order valence-corrected chi connectivity index (χ0v) is 22.5. The molecule has 0 atom stereocenters. The molecule has 40 heavy (non-hydrogen) atoms. The van der Waals surface area contributed by atoms with E-state index in [2.05, 4.69) is 127 Å². The van der Waals surface area contributed by atoms with Crippen molar-refractivity contribution in [2.45, 2.75) is 13.8 Å². The summed E-state index contributed by atoms with van der Waals surface area (Å²) in [7, 11) is 0.